The van der Waals surface area contributed by atoms with Crippen molar-refractivity contribution < 1.29 is 0 Å². The van der Waals surface area contributed by atoms with Gasteiger partial charge in [-0.3, -0.25) is 0 Å². The number of rotatable bonds is 2. The predicted octanol–water partition coefficient (Wildman–Crippen LogP) is 0.548. The van der Waals surface area contributed by atoms with Crippen LogP contribution in [-0.4, -0.2) is 37.6 Å². The minimum Gasteiger partial charge on any atom is -0.316 e. The second kappa shape index (κ2) is 3.11. The molecule has 2 fully saturated rings. The zero-order chi connectivity index (χ0) is 7.68. The van der Waals surface area contributed by atoms with Crippen LogP contribution in [0.15, 0.2) is 0 Å². The van der Waals surface area contributed by atoms with Crippen molar-refractivity contribution in [3.8, 4) is 0 Å². The fourth-order valence-electron chi connectivity index (χ4n) is 2.45. The topological polar surface area (TPSA) is 15.3 Å². The second-order valence-corrected chi connectivity index (χ2v) is 3.94. The Labute approximate surface area is 69.0 Å². The minimum absolute atomic E-state index is 0.974. The number of likely N-dealkylation sites (tertiary alicyclic amines) is 1. The second-order valence-electron chi connectivity index (χ2n) is 3.94. The van der Waals surface area contributed by atoms with Gasteiger partial charge in [0.1, 0.15) is 0 Å². The average molecular weight is 154 g/mol. The van der Waals surface area contributed by atoms with E-state index in [1.165, 1.54) is 39.1 Å². The molecule has 0 unspecified atom stereocenters. The third-order valence-electron chi connectivity index (χ3n) is 3.00. The lowest BCUT2D eigenvalue weighted by molar-refractivity contribution is 0.314. The number of nitrogens with one attached hydrogen (secondary N) is 1. The molecule has 2 saturated heterocycles. The summed E-state index contributed by atoms with van der Waals surface area (Å²) in [7, 11) is 0. The average Bonchev–Trinajstić information content (AvgIpc) is 2.46. The first-order valence-corrected chi connectivity index (χ1v) is 4.83. The van der Waals surface area contributed by atoms with E-state index in [2.05, 4.69) is 17.1 Å². The summed E-state index contributed by atoms with van der Waals surface area (Å²) in [5, 5.41) is 3.46. The smallest absolute Gasteiger partial charge is 0.00255 e. The van der Waals surface area contributed by atoms with E-state index in [1.54, 1.807) is 0 Å². The maximum absolute atomic E-state index is 3.46. The van der Waals surface area contributed by atoms with Crippen LogP contribution in [0.5, 0.6) is 0 Å². The van der Waals surface area contributed by atoms with E-state index >= 15 is 0 Å². The van der Waals surface area contributed by atoms with Crippen molar-refractivity contribution in [3.63, 3.8) is 0 Å². The van der Waals surface area contributed by atoms with E-state index in [0.717, 1.165) is 11.8 Å². The standard InChI is InChI=1S/C9H18N2/c1-2-3-11-6-8-4-10-5-9(8)7-11/h8-10H,2-7H2,1H3/t8-,9+. The molecule has 0 radical (unpaired) electrons. The van der Waals surface area contributed by atoms with Crippen molar-refractivity contribution in [2.45, 2.75) is 13.3 Å². The van der Waals surface area contributed by atoms with Crippen LogP contribution in [0.25, 0.3) is 0 Å². The molecule has 2 rings (SSSR count). The summed E-state index contributed by atoms with van der Waals surface area (Å²) >= 11 is 0. The van der Waals surface area contributed by atoms with Crippen LogP contribution in [0, 0.1) is 11.8 Å². The van der Waals surface area contributed by atoms with Crippen molar-refractivity contribution in [1.29, 1.82) is 0 Å². The molecule has 0 bridgehead atoms. The van der Waals surface area contributed by atoms with Gasteiger partial charge in [-0.15, -0.1) is 0 Å². The molecule has 0 aliphatic carbocycles. The van der Waals surface area contributed by atoms with Gasteiger partial charge in [0.15, 0.2) is 0 Å². The molecule has 0 spiro atoms. The number of hydrogen-bond acceptors (Lipinski definition) is 2. The third kappa shape index (κ3) is 1.42. The highest BCUT2D eigenvalue weighted by atomic mass is 15.2. The lowest BCUT2D eigenvalue weighted by Gasteiger charge is -2.14. The lowest BCUT2D eigenvalue weighted by atomic mass is 10.0. The van der Waals surface area contributed by atoms with Crippen LogP contribution in [0.3, 0.4) is 0 Å². The summed E-state index contributed by atoms with van der Waals surface area (Å²) in [6.07, 6.45) is 1.31. The zero-order valence-electron chi connectivity index (χ0n) is 7.34. The normalized spacial score (nSPS) is 37.9. The summed E-state index contributed by atoms with van der Waals surface area (Å²) in [5.74, 6) is 1.95. The Balaban J connectivity index is 1.84. The largest absolute Gasteiger partial charge is 0.316 e. The summed E-state index contributed by atoms with van der Waals surface area (Å²) in [5.41, 5.74) is 0. The summed E-state index contributed by atoms with van der Waals surface area (Å²) in [6, 6.07) is 0. The van der Waals surface area contributed by atoms with Crippen LogP contribution < -0.4 is 5.32 Å². The van der Waals surface area contributed by atoms with E-state index in [0.29, 0.717) is 0 Å². The van der Waals surface area contributed by atoms with Gasteiger partial charge < -0.3 is 10.2 Å². The van der Waals surface area contributed by atoms with Gasteiger partial charge in [0.2, 0.25) is 0 Å². The Morgan fingerprint density at radius 1 is 1.27 bits per heavy atom. The molecule has 0 saturated carbocycles. The van der Waals surface area contributed by atoms with Gasteiger partial charge in [0.25, 0.3) is 0 Å². The van der Waals surface area contributed by atoms with Crippen molar-refractivity contribution >= 4 is 0 Å². The van der Waals surface area contributed by atoms with E-state index in [9.17, 15) is 0 Å². The maximum atomic E-state index is 3.46. The Kier molecular flexibility index (Phi) is 2.14. The van der Waals surface area contributed by atoms with Gasteiger partial charge in [-0.05, 0) is 37.9 Å². The van der Waals surface area contributed by atoms with Crippen LogP contribution in [0.4, 0.5) is 0 Å². The Morgan fingerprint density at radius 2 is 1.91 bits per heavy atom. The van der Waals surface area contributed by atoms with Gasteiger partial charge in [0.05, 0.1) is 0 Å². The number of fused-ring (bicyclic) bond motifs is 1. The van der Waals surface area contributed by atoms with Crippen molar-refractivity contribution in [3.05, 3.63) is 0 Å². The van der Waals surface area contributed by atoms with Gasteiger partial charge >= 0.3 is 0 Å². The molecule has 0 aromatic carbocycles. The van der Waals surface area contributed by atoms with Gasteiger partial charge in [-0.1, -0.05) is 6.92 Å². The monoisotopic (exact) mass is 154 g/mol. The number of hydrogen-bond donors (Lipinski definition) is 1. The first kappa shape index (κ1) is 7.56. The van der Waals surface area contributed by atoms with Crippen LogP contribution in [0.2, 0.25) is 0 Å². The summed E-state index contributed by atoms with van der Waals surface area (Å²) in [6.45, 7) is 8.83. The molecule has 2 heterocycles. The Hall–Kier alpha value is -0.0800. The van der Waals surface area contributed by atoms with E-state index in [4.69, 9.17) is 0 Å². The molecule has 2 atom stereocenters. The molecule has 2 nitrogen and oxygen atoms in total. The first-order chi connectivity index (χ1) is 5.40. The Bertz CT molecular complexity index is 124. The molecular formula is C9H18N2. The first-order valence-electron chi connectivity index (χ1n) is 4.83. The summed E-state index contributed by atoms with van der Waals surface area (Å²) in [4.78, 5) is 2.62. The van der Waals surface area contributed by atoms with Gasteiger partial charge in [-0.25, -0.2) is 0 Å². The molecule has 64 valence electrons. The lowest BCUT2D eigenvalue weighted by Crippen LogP contribution is -2.26. The fourth-order valence-corrected chi connectivity index (χ4v) is 2.45. The van der Waals surface area contributed by atoms with E-state index in [-0.39, 0.29) is 0 Å². The highest BCUT2D eigenvalue weighted by Crippen LogP contribution is 2.25. The fraction of sp³-hybridized carbons (Fsp3) is 1.00. The molecule has 2 aliphatic heterocycles. The molecule has 0 aromatic heterocycles. The van der Waals surface area contributed by atoms with Crippen molar-refractivity contribution in [2.24, 2.45) is 11.8 Å². The molecule has 2 heteroatoms. The highest BCUT2D eigenvalue weighted by Gasteiger charge is 2.35. The predicted molar refractivity (Wildman–Crippen MR) is 46.6 cm³/mol. The number of nitrogens with zero attached hydrogens (tertiary/aromatic N) is 1. The quantitative estimate of drug-likeness (QED) is 0.625. The molecule has 0 amide bonds. The SMILES string of the molecule is CCCN1C[C@H]2CNC[C@H]2C1. The van der Waals surface area contributed by atoms with Crippen molar-refractivity contribution in [1.82, 2.24) is 10.2 Å². The third-order valence-corrected chi connectivity index (χ3v) is 3.00. The van der Waals surface area contributed by atoms with Crippen LogP contribution in [-0.2, 0) is 0 Å². The van der Waals surface area contributed by atoms with Crippen molar-refractivity contribution in [2.75, 3.05) is 32.7 Å². The Morgan fingerprint density at radius 3 is 2.45 bits per heavy atom. The molecule has 1 N–H and O–H groups in total. The molecule has 2 aliphatic rings. The van der Waals surface area contributed by atoms with Gasteiger partial charge in [0, 0.05) is 13.1 Å². The van der Waals surface area contributed by atoms with Crippen LogP contribution >= 0.6 is 0 Å². The molecular weight excluding hydrogens is 136 g/mol. The van der Waals surface area contributed by atoms with Crippen LogP contribution in [0.1, 0.15) is 13.3 Å². The zero-order valence-corrected chi connectivity index (χ0v) is 7.34. The maximum Gasteiger partial charge on any atom is 0.00255 e. The van der Waals surface area contributed by atoms with E-state index < -0.39 is 0 Å². The minimum atomic E-state index is 0.974. The summed E-state index contributed by atoms with van der Waals surface area (Å²) < 4.78 is 0. The molecule has 0 aromatic rings. The highest BCUT2D eigenvalue weighted by molar-refractivity contribution is 4.90. The molecule has 11 heavy (non-hydrogen) atoms. The van der Waals surface area contributed by atoms with Gasteiger partial charge in [-0.2, -0.15) is 0 Å². The van der Waals surface area contributed by atoms with E-state index in [1.807, 2.05) is 0 Å².